The van der Waals surface area contributed by atoms with Crippen molar-refractivity contribution in [1.29, 1.82) is 0 Å². The Morgan fingerprint density at radius 2 is 2.13 bits per heavy atom. The maximum absolute atomic E-state index is 14.4. The van der Waals surface area contributed by atoms with E-state index in [9.17, 15) is 14.7 Å². The van der Waals surface area contributed by atoms with E-state index in [-0.39, 0.29) is 23.5 Å². The summed E-state index contributed by atoms with van der Waals surface area (Å²) in [5.41, 5.74) is 7.08. The number of methoxy groups -OCH3 is 1. The first-order chi connectivity index (χ1) is 18.8. The number of para-hydroxylation sites is 1. The molecule has 2 fully saturated rings. The first-order valence-electron chi connectivity index (χ1n) is 13.8. The molecule has 2 aromatic carbocycles. The number of nitrogens with one attached hydrogen (secondary N) is 1. The minimum atomic E-state index is -0.405. The maximum Gasteiger partial charge on any atom is 0.219 e. The van der Waals surface area contributed by atoms with Crippen LogP contribution in [0.4, 0.5) is 5.69 Å². The number of ether oxygens (including phenoxy) is 1. The van der Waals surface area contributed by atoms with E-state index in [4.69, 9.17) is 4.74 Å². The van der Waals surface area contributed by atoms with Gasteiger partial charge in [-0.25, -0.2) is 0 Å². The lowest BCUT2D eigenvalue weighted by Gasteiger charge is -2.53. The number of benzene rings is 2. The molecule has 2 saturated heterocycles. The Bertz CT molecular complexity index is 1660. The molecular weight excluding hydrogens is 490 g/mol. The molecule has 39 heavy (non-hydrogen) atoms. The molecule has 1 unspecified atom stereocenters. The number of allylic oxidation sites excluding steroid dienone is 2. The van der Waals surface area contributed by atoms with Gasteiger partial charge < -0.3 is 24.2 Å². The zero-order valence-electron chi connectivity index (χ0n) is 22.9. The molecule has 2 bridgehead atoms. The van der Waals surface area contributed by atoms with Crippen LogP contribution < -0.4 is 10.1 Å². The highest BCUT2D eigenvalue weighted by molar-refractivity contribution is 6.10. The van der Waals surface area contributed by atoms with Gasteiger partial charge in [-0.1, -0.05) is 18.2 Å². The highest BCUT2D eigenvalue weighted by Crippen LogP contribution is 2.64. The van der Waals surface area contributed by atoms with Crippen LogP contribution in [0.2, 0.25) is 0 Å². The van der Waals surface area contributed by atoms with Gasteiger partial charge in [-0.15, -0.1) is 0 Å². The van der Waals surface area contributed by atoms with Crippen molar-refractivity contribution in [3.63, 3.8) is 0 Å². The van der Waals surface area contributed by atoms with Crippen LogP contribution in [-0.4, -0.2) is 59.0 Å². The molecule has 3 aliphatic heterocycles. The first-order valence-corrected chi connectivity index (χ1v) is 13.8. The van der Waals surface area contributed by atoms with Crippen LogP contribution in [0.1, 0.15) is 41.4 Å². The Morgan fingerprint density at radius 3 is 2.87 bits per heavy atom. The van der Waals surface area contributed by atoms with E-state index in [1.165, 1.54) is 5.57 Å². The number of phenols is 1. The SMILES string of the molecule is C/C=C1/C[N+]2(CC(=O)c3c(C)n(C)c4ccc(OC)cc34)CC[C@]34C(=C(C=O)[C@H]1C[C@H]32)Nc1c(O)cccc14. The summed E-state index contributed by atoms with van der Waals surface area (Å²) >= 11 is 0. The number of hydrogen-bond donors (Lipinski definition) is 2. The second-order valence-corrected chi connectivity index (χ2v) is 11.7. The number of aryl methyl sites for hydroxylation is 1. The van der Waals surface area contributed by atoms with E-state index in [2.05, 4.69) is 22.0 Å². The number of quaternary nitrogens is 1. The zero-order chi connectivity index (χ0) is 27.3. The number of nitrogens with zero attached hydrogens (tertiary/aromatic N) is 2. The first kappa shape index (κ1) is 24.2. The molecule has 7 heteroatoms. The van der Waals surface area contributed by atoms with Gasteiger partial charge in [-0.05, 0) is 49.2 Å². The fourth-order valence-electron chi connectivity index (χ4n) is 8.58. The zero-order valence-corrected chi connectivity index (χ0v) is 22.9. The fourth-order valence-corrected chi connectivity index (χ4v) is 8.58. The van der Waals surface area contributed by atoms with Crippen molar-refractivity contribution in [3.05, 3.63) is 76.1 Å². The number of Topliss-reactive ketones (excluding diaryl/α,β-unsaturated/α-hetero) is 1. The Balaban J connectivity index is 1.39. The van der Waals surface area contributed by atoms with Crippen molar-refractivity contribution >= 4 is 28.7 Å². The van der Waals surface area contributed by atoms with Gasteiger partial charge in [-0.2, -0.15) is 0 Å². The lowest BCUT2D eigenvalue weighted by atomic mass is 9.61. The number of aromatic nitrogens is 1. The van der Waals surface area contributed by atoms with Gasteiger partial charge >= 0.3 is 0 Å². The Kier molecular flexibility index (Phi) is 5.02. The van der Waals surface area contributed by atoms with Crippen molar-refractivity contribution in [1.82, 2.24) is 4.57 Å². The van der Waals surface area contributed by atoms with E-state index in [1.807, 2.05) is 45.2 Å². The molecule has 1 aliphatic carbocycles. The quantitative estimate of drug-likeness (QED) is 0.165. The second-order valence-electron chi connectivity index (χ2n) is 11.7. The molecule has 1 aromatic heterocycles. The van der Waals surface area contributed by atoms with Crippen LogP contribution in [0, 0.1) is 12.8 Å². The highest BCUT2D eigenvalue weighted by atomic mass is 16.5. The smallest absolute Gasteiger partial charge is 0.219 e. The van der Waals surface area contributed by atoms with Gasteiger partial charge in [0.1, 0.15) is 36.9 Å². The van der Waals surface area contributed by atoms with Crippen LogP contribution >= 0.6 is 0 Å². The maximum atomic E-state index is 14.4. The van der Waals surface area contributed by atoms with Crippen molar-refractivity contribution in [2.75, 3.05) is 32.1 Å². The lowest BCUT2D eigenvalue weighted by molar-refractivity contribution is -0.934. The molecular formula is C32H34N3O4+. The predicted molar refractivity (Wildman–Crippen MR) is 150 cm³/mol. The number of carbonyl (C=O) groups excluding carboxylic acids is 2. The number of piperidine rings is 1. The van der Waals surface area contributed by atoms with Gasteiger partial charge in [-0.3, -0.25) is 9.59 Å². The number of fused-ring (bicyclic) bond motifs is 3. The number of rotatable bonds is 5. The Morgan fingerprint density at radius 1 is 1.31 bits per heavy atom. The molecule has 1 spiro atoms. The molecule has 0 amide bonds. The minimum Gasteiger partial charge on any atom is -0.506 e. The number of aldehydes is 1. The summed E-state index contributed by atoms with van der Waals surface area (Å²) in [5.74, 6) is 1.12. The predicted octanol–water partition coefficient (Wildman–Crippen LogP) is 4.77. The number of aromatic hydroxyl groups is 1. The van der Waals surface area contributed by atoms with E-state index in [0.717, 1.165) is 77.0 Å². The van der Waals surface area contributed by atoms with Gasteiger partial charge in [0.15, 0.2) is 0 Å². The van der Waals surface area contributed by atoms with Crippen LogP contribution in [0.5, 0.6) is 11.5 Å². The molecule has 7 rings (SSSR count). The summed E-state index contributed by atoms with van der Waals surface area (Å²) in [7, 11) is 3.66. The van der Waals surface area contributed by atoms with Crippen molar-refractivity contribution < 1.29 is 23.9 Å². The van der Waals surface area contributed by atoms with Crippen LogP contribution in [0.3, 0.4) is 0 Å². The molecule has 4 atom stereocenters. The molecule has 3 aromatic rings. The number of hydrogen-bond acceptors (Lipinski definition) is 5. The third kappa shape index (κ3) is 2.91. The molecule has 2 N–H and O–H groups in total. The average molecular weight is 525 g/mol. The molecule has 0 radical (unpaired) electrons. The third-order valence-corrected chi connectivity index (χ3v) is 10.4. The van der Waals surface area contributed by atoms with Crippen molar-refractivity contribution in [3.8, 4) is 11.5 Å². The molecule has 4 heterocycles. The summed E-state index contributed by atoms with van der Waals surface area (Å²) in [6.07, 6.45) is 4.82. The van der Waals surface area contributed by atoms with Crippen molar-refractivity contribution in [2.45, 2.75) is 38.1 Å². The lowest BCUT2D eigenvalue weighted by Crippen LogP contribution is -2.64. The standard InChI is InChI=1S/C32H33N3O4/c1-5-19-15-35(16-27(38)29-18(2)34(3)25-10-9-20(39-4)13-22(25)29)12-11-32-24-7-6-8-26(37)30(24)33-31(32)23(17-36)21(19)14-28(32)35/h5-10,13,17,21,28H,11-12,14-16H2,1-4H3,(H-,33,36,37)/p+1/b19-5-/t21-,28+,32+,35?/m0/s1. The molecule has 7 nitrogen and oxygen atoms in total. The Labute approximate surface area is 228 Å². The second kappa shape index (κ2) is 8.09. The number of carbonyl (C=O) groups is 2. The number of ketones is 1. The van der Waals surface area contributed by atoms with E-state index in [0.29, 0.717) is 16.7 Å². The van der Waals surface area contributed by atoms with E-state index >= 15 is 0 Å². The number of anilines is 1. The minimum absolute atomic E-state index is 0.0348. The summed E-state index contributed by atoms with van der Waals surface area (Å²) in [6.45, 7) is 6.05. The van der Waals surface area contributed by atoms with Crippen LogP contribution in [0.25, 0.3) is 10.9 Å². The summed E-state index contributed by atoms with van der Waals surface area (Å²) in [6, 6.07) is 11.7. The van der Waals surface area contributed by atoms with Crippen LogP contribution in [-0.2, 0) is 17.3 Å². The normalized spacial score (nSPS) is 29.4. The van der Waals surface area contributed by atoms with Crippen LogP contribution in [0.15, 0.2) is 59.3 Å². The van der Waals surface area contributed by atoms with Gasteiger partial charge in [0.2, 0.25) is 5.78 Å². The summed E-state index contributed by atoms with van der Waals surface area (Å²) in [5, 5.41) is 15.2. The average Bonchev–Trinajstić information content (AvgIpc) is 3.55. The largest absolute Gasteiger partial charge is 0.506 e. The van der Waals surface area contributed by atoms with Crippen molar-refractivity contribution in [2.24, 2.45) is 13.0 Å². The summed E-state index contributed by atoms with van der Waals surface area (Å²) in [4.78, 5) is 27.0. The topological polar surface area (TPSA) is 80.6 Å². The summed E-state index contributed by atoms with van der Waals surface area (Å²) < 4.78 is 8.26. The molecule has 4 aliphatic rings. The molecule has 0 saturated carbocycles. The molecule has 200 valence electrons. The van der Waals surface area contributed by atoms with E-state index < -0.39 is 5.41 Å². The fraction of sp³-hybridized carbons (Fsp3) is 0.375. The van der Waals surface area contributed by atoms with Gasteiger partial charge in [0.05, 0.1) is 30.3 Å². The van der Waals surface area contributed by atoms with Gasteiger partial charge in [0, 0.05) is 53.7 Å². The third-order valence-electron chi connectivity index (χ3n) is 10.4. The monoisotopic (exact) mass is 524 g/mol. The van der Waals surface area contributed by atoms with E-state index in [1.54, 1.807) is 13.2 Å². The number of phenolic OH excluding ortho intramolecular Hbond substituents is 1. The highest BCUT2D eigenvalue weighted by Gasteiger charge is 2.69. The Hall–Kier alpha value is -3.84. The van der Waals surface area contributed by atoms with Gasteiger partial charge in [0.25, 0.3) is 0 Å².